The molecule has 2 aromatic carbocycles. The van der Waals surface area contributed by atoms with Crippen molar-refractivity contribution in [1.82, 2.24) is 19.9 Å². The van der Waals surface area contributed by atoms with Crippen molar-refractivity contribution >= 4 is 22.6 Å². The van der Waals surface area contributed by atoms with Crippen molar-refractivity contribution < 1.29 is 4.79 Å². The van der Waals surface area contributed by atoms with Crippen molar-refractivity contribution in [2.24, 2.45) is 13.0 Å². The summed E-state index contributed by atoms with van der Waals surface area (Å²) in [6.07, 6.45) is 5.43. The zero-order valence-corrected chi connectivity index (χ0v) is 18.2. The third kappa shape index (κ3) is 4.08. The number of rotatable bonds is 5. The largest absolute Gasteiger partial charge is 0.371 e. The van der Waals surface area contributed by atoms with Gasteiger partial charge in [0, 0.05) is 50.3 Å². The van der Waals surface area contributed by atoms with E-state index in [9.17, 15) is 4.79 Å². The summed E-state index contributed by atoms with van der Waals surface area (Å²) in [4.78, 5) is 24.0. The third-order valence-corrected chi connectivity index (χ3v) is 6.26. The van der Waals surface area contributed by atoms with Gasteiger partial charge in [0.1, 0.15) is 5.82 Å². The van der Waals surface area contributed by atoms with Crippen molar-refractivity contribution in [3.05, 3.63) is 78.6 Å². The zero-order chi connectivity index (χ0) is 21.9. The first-order valence-electron chi connectivity index (χ1n) is 11.1. The van der Waals surface area contributed by atoms with E-state index in [4.69, 9.17) is 4.98 Å². The van der Waals surface area contributed by atoms with E-state index in [0.717, 1.165) is 59.6 Å². The highest BCUT2D eigenvalue weighted by Gasteiger charge is 2.26. The van der Waals surface area contributed by atoms with E-state index in [1.807, 2.05) is 30.3 Å². The minimum atomic E-state index is -0.00927. The normalized spacial score (nSPS) is 16.3. The van der Waals surface area contributed by atoms with Gasteiger partial charge in [0.25, 0.3) is 0 Å². The molecule has 0 bridgehead atoms. The number of benzene rings is 2. The predicted molar refractivity (Wildman–Crippen MR) is 127 cm³/mol. The molecule has 162 valence electrons. The van der Waals surface area contributed by atoms with Gasteiger partial charge in [-0.2, -0.15) is 0 Å². The highest BCUT2D eigenvalue weighted by atomic mass is 16.1. The molecule has 5 rings (SSSR count). The molecule has 1 N–H and O–H groups in total. The Balaban J connectivity index is 1.31. The molecule has 1 unspecified atom stereocenters. The molecular formula is C26H27N5O. The molecule has 6 heteroatoms. The first-order valence-corrected chi connectivity index (χ1v) is 11.1. The molecule has 4 aromatic rings. The number of carbonyl (C=O) groups excluding carboxylic acids is 1. The summed E-state index contributed by atoms with van der Waals surface area (Å²) < 4.78 is 2.14. The smallest absolute Gasteiger partial charge is 0.225 e. The van der Waals surface area contributed by atoms with Crippen LogP contribution in [0.15, 0.2) is 73.1 Å². The van der Waals surface area contributed by atoms with Gasteiger partial charge in [0.15, 0.2) is 0 Å². The Kier molecular flexibility index (Phi) is 5.58. The average Bonchev–Trinajstić information content (AvgIpc) is 3.20. The number of aryl methyl sites for hydroxylation is 1. The summed E-state index contributed by atoms with van der Waals surface area (Å²) in [5, 5.41) is 3.09. The summed E-state index contributed by atoms with van der Waals surface area (Å²) in [5.74, 6) is 1.07. The van der Waals surface area contributed by atoms with E-state index in [2.05, 4.69) is 57.1 Å². The molecule has 0 saturated carbocycles. The molecule has 3 heterocycles. The van der Waals surface area contributed by atoms with Crippen LogP contribution in [0.1, 0.15) is 18.4 Å². The van der Waals surface area contributed by atoms with Crippen LogP contribution in [-0.2, 0) is 18.4 Å². The lowest BCUT2D eigenvalue weighted by Gasteiger charge is -2.34. The second-order valence-corrected chi connectivity index (χ2v) is 8.39. The predicted octanol–water partition coefficient (Wildman–Crippen LogP) is 4.17. The van der Waals surface area contributed by atoms with E-state index in [-0.39, 0.29) is 11.8 Å². The van der Waals surface area contributed by atoms with Gasteiger partial charge in [0.2, 0.25) is 5.91 Å². The number of nitrogens with one attached hydrogen (secondary N) is 1. The van der Waals surface area contributed by atoms with Crippen molar-refractivity contribution in [1.29, 1.82) is 0 Å². The molecule has 0 aliphatic carbocycles. The van der Waals surface area contributed by atoms with Gasteiger partial charge in [-0.1, -0.05) is 24.3 Å². The fourth-order valence-electron chi connectivity index (χ4n) is 4.51. The van der Waals surface area contributed by atoms with Gasteiger partial charge >= 0.3 is 0 Å². The lowest BCUT2D eigenvalue weighted by Crippen LogP contribution is -2.43. The molecule has 1 amide bonds. The van der Waals surface area contributed by atoms with Crippen molar-refractivity contribution in [2.45, 2.75) is 19.4 Å². The van der Waals surface area contributed by atoms with Gasteiger partial charge in [-0.05, 0) is 54.8 Å². The highest BCUT2D eigenvalue weighted by molar-refractivity contribution is 5.81. The van der Waals surface area contributed by atoms with Crippen molar-refractivity contribution in [3.8, 4) is 11.4 Å². The molecule has 1 fully saturated rings. The molecule has 1 aliphatic heterocycles. The molecule has 6 nitrogen and oxygen atoms in total. The lowest BCUT2D eigenvalue weighted by molar-refractivity contribution is -0.125. The average molecular weight is 426 g/mol. The van der Waals surface area contributed by atoms with Crippen LogP contribution in [0, 0.1) is 5.92 Å². The number of anilines is 1. The highest BCUT2D eigenvalue weighted by Crippen LogP contribution is 2.29. The van der Waals surface area contributed by atoms with Crippen LogP contribution in [0.2, 0.25) is 0 Å². The zero-order valence-electron chi connectivity index (χ0n) is 18.2. The summed E-state index contributed by atoms with van der Waals surface area (Å²) in [6, 6.07) is 20.6. The van der Waals surface area contributed by atoms with Crippen LogP contribution < -0.4 is 10.2 Å². The number of piperidine rings is 1. The van der Waals surface area contributed by atoms with Gasteiger partial charge < -0.3 is 14.8 Å². The van der Waals surface area contributed by atoms with E-state index in [0.29, 0.717) is 6.54 Å². The number of nitrogens with zero attached hydrogens (tertiary/aromatic N) is 4. The van der Waals surface area contributed by atoms with E-state index >= 15 is 0 Å². The number of fused-ring (bicyclic) bond motifs is 1. The molecule has 32 heavy (non-hydrogen) atoms. The standard InChI is InChI=1S/C26H27N5O/c1-30-24-10-3-2-9-23(24)29-25(30)20-6-4-8-22(16-20)31-15-5-7-21(18-31)26(32)28-17-19-11-13-27-14-12-19/h2-4,6,8-14,16,21H,5,7,15,17-18H2,1H3,(H,28,32). The fraction of sp³-hybridized carbons (Fsp3) is 0.269. The molecule has 1 aliphatic rings. The number of amides is 1. The van der Waals surface area contributed by atoms with Gasteiger partial charge in [0.05, 0.1) is 17.0 Å². The Morgan fingerprint density at radius 1 is 1.09 bits per heavy atom. The van der Waals surface area contributed by atoms with Gasteiger partial charge in [-0.3, -0.25) is 9.78 Å². The molecule has 2 aromatic heterocycles. The van der Waals surface area contributed by atoms with Crippen LogP contribution in [-0.4, -0.2) is 33.5 Å². The fourth-order valence-corrected chi connectivity index (χ4v) is 4.51. The van der Waals surface area contributed by atoms with Gasteiger partial charge in [-0.15, -0.1) is 0 Å². The maximum absolute atomic E-state index is 12.8. The maximum atomic E-state index is 12.8. The van der Waals surface area contributed by atoms with Crippen LogP contribution in [0.4, 0.5) is 5.69 Å². The van der Waals surface area contributed by atoms with Crippen molar-refractivity contribution in [3.63, 3.8) is 0 Å². The number of para-hydroxylation sites is 2. The molecular weight excluding hydrogens is 398 g/mol. The molecule has 1 atom stereocenters. The summed E-state index contributed by atoms with van der Waals surface area (Å²) in [7, 11) is 2.06. The minimum Gasteiger partial charge on any atom is -0.371 e. The summed E-state index contributed by atoms with van der Waals surface area (Å²) in [6.45, 7) is 2.23. The topological polar surface area (TPSA) is 63.1 Å². The van der Waals surface area contributed by atoms with E-state index in [1.54, 1.807) is 12.4 Å². The quantitative estimate of drug-likeness (QED) is 0.521. The number of hydrogen-bond donors (Lipinski definition) is 1. The SMILES string of the molecule is Cn1c(-c2cccc(N3CCCC(C(=O)NCc4ccncc4)C3)c2)nc2ccccc21. The monoisotopic (exact) mass is 425 g/mol. The summed E-state index contributed by atoms with van der Waals surface area (Å²) in [5.41, 5.74) is 5.42. The Morgan fingerprint density at radius 3 is 2.78 bits per heavy atom. The summed E-state index contributed by atoms with van der Waals surface area (Å²) >= 11 is 0. The van der Waals surface area contributed by atoms with Crippen LogP contribution in [0.5, 0.6) is 0 Å². The maximum Gasteiger partial charge on any atom is 0.225 e. The Hall–Kier alpha value is -3.67. The first kappa shape index (κ1) is 20.2. The van der Waals surface area contributed by atoms with Crippen molar-refractivity contribution in [2.75, 3.05) is 18.0 Å². The second kappa shape index (κ2) is 8.83. The van der Waals surface area contributed by atoms with E-state index < -0.39 is 0 Å². The number of carbonyl (C=O) groups is 1. The molecule has 0 radical (unpaired) electrons. The second-order valence-electron chi connectivity index (χ2n) is 8.39. The third-order valence-electron chi connectivity index (χ3n) is 6.26. The van der Waals surface area contributed by atoms with Crippen LogP contribution >= 0.6 is 0 Å². The van der Waals surface area contributed by atoms with Gasteiger partial charge in [-0.25, -0.2) is 4.98 Å². The van der Waals surface area contributed by atoms with E-state index in [1.165, 1.54) is 0 Å². The lowest BCUT2D eigenvalue weighted by atomic mass is 9.96. The Labute approximate surface area is 187 Å². The molecule has 1 saturated heterocycles. The van der Waals surface area contributed by atoms with Crippen LogP contribution in [0.3, 0.4) is 0 Å². The Morgan fingerprint density at radius 2 is 1.94 bits per heavy atom. The van der Waals surface area contributed by atoms with Crippen LogP contribution in [0.25, 0.3) is 22.4 Å². The number of imidazole rings is 1. The Bertz CT molecular complexity index is 1230. The molecule has 0 spiro atoms. The number of hydrogen-bond acceptors (Lipinski definition) is 4. The number of aromatic nitrogens is 3. The number of pyridine rings is 1. The first-order chi connectivity index (χ1) is 15.7. The minimum absolute atomic E-state index is 0.00927.